The van der Waals surface area contributed by atoms with Crippen molar-refractivity contribution in [1.82, 2.24) is 5.32 Å². The highest BCUT2D eigenvalue weighted by atomic mass is 16.6. The molecule has 0 aromatic rings. The molecule has 0 spiro atoms. The summed E-state index contributed by atoms with van der Waals surface area (Å²) in [5.41, 5.74) is -0.0748. The van der Waals surface area contributed by atoms with E-state index in [9.17, 15) is 9.59 Å². The third-order valence-electron chi connectivity index (χ3n) is 1.67. The molecule has 94 valence electrons. The molecule has 0 bridgehead atoms. The second-order valence-electron chi connectivity index (χ2n) is 4.66. The number of rotatable bonds is 5. The smallest absolute Gasteiger partial charge is 0.303 e. The average Bonchev–Trinajstić information content (AvgIpc) is 2.07. The van der Waals surface area contributed by atoms with Gasteiger partial charge < -0.3 is 14.8 Å². The molecule has 0 radical (unpaired) electrons. The Morgan fingerprint density at radius 2 is 1.75 bits per heavy atom. The zero-order valence-electron chi connectivity index (χ0n) is 10.6. The van der Waals surface area contributed by atoms with Crippen LogP contribution in [0.2, 0.25) is 0 Å². The van der Waals surface area contributed by atoms with Crippen molar-refractivity contribution in [3.05, 3.63) is 0 Å². The number of hydrogen-bond donors (Lipinski definition) is 1. The molecule has 1 unspecified atom stereocenters. The molecule has 0 aliphatic heterocycles. The first-order chi connectivity index (χ1) is 7.20. The first kappa shape index (κ1) is 14.9. The largest absolute Gasteiger partial charge is 0.462 e. The van der Waals surface area contributed by atoms with E-state index < -0.39 is 6.10 Å². The molecular weight excluding hydrogens is 210 g/mol. The Hall–Kier alpha value is -1.10. The van der Waals surface area contributed by atoms with E-state index in [0.29, 0.717) is 6.54 Å². The number of esters is 2. The highest BCUT2D eigenvalue weighted by Gasteiger charge is 2.17. The first-order valence-corrected chi connectivity index (χ1v) is 5.26. The standard InChI is InChI=1S/C11H21NO4/c1-8(13)15-7-10(16-9(2)14)6-12-11(3,4)5/h10,12H,6-7H2,1-5H3. The van der Waals surface area contributed by atoms with Crippen LogP contribution in [0.1, 0.15) is 34.6 Å². The Labute approximate surface area is 96.5 Å². The van der Waals surface area contributed by atoms with Crippen molar-refractivity contribution in [3.8, 4) is 0 Å². The molecule has 0 amide bonds. The van der Waals surface area contributed by atoms with Crippen LogP contribution >= 0.6 is 0 Å². The van der Waals surface area contributed by atoms with E-state index in [2.05, 4.69) is 5.32 Å². The third-order valence-corrected chi connectivity index (χ3v) is 1.67. The van der Waals surface area contributed by atoms with Crippen LogP contribution in [-0.4, -0.2) is 36.7 Å². The summed E-state index contributed by atoms with van der Waals surface area (Å²) in [7, 11) is 0. The number of hydrogen-bond acceptors (Lipinski definition) is 5. The van der Waals surface area contributed by atoms with Gasteiger partial charge in [0.15, 0.2) is 0 Å². The summed E-state index contributed by atoms with van der Waals surface area (Å²) in [5.74, 6) is -0.763. The van der Waals surface area contributed by atoms with E-state index in [1.165, 1.54) is 13.8 Å². The molecular formula is C11H21NO4. The van der Waals surface area contributed by atoms with Crippen LogP contribution < -0.4 is 5.32 Å². The Bertz CT molecular complexity index is 245. The van der Waals surface area contributed by atoms with Crippen LogP contribution in [0.4, 0.5) is 0 Å². The second-order valence-corrected chi connectivity index (χ2v) is 4.66. The van der Waals surface area contributed by atoms with Gasteiger partial charge in [-0.15, -0.1) is 0 Å². The Balaban J connectivity index is 4.10. The first-order valence-electron chi connectivity index (χ1n) is 5.26. The number of nitrogens with one attached hydrogen (secondary N) is 1. The summed E-state index contributed by atoms with van der Waals surface area (Å²) in [6.45, 7) is 9.20. The minimum atomic E-state index is -0.444. The molecule has 16 heavy (non-hydrogen) atoms. The Morgan fingerprint density at radius 1 is 1.19 bits per heavy atom. The quantitative estimate of drug-likeness (QED) is 0.711. The van der Waals surface area contributed by atoms with Gasteiger partial charge in [-0.05, 0) is 20.8 Å². The molecule has 0 rings (SSSR count). The summed E-state index contributed by atoms with van der Waals surface area (Å²) >= 11 is 0. The van der Waals surface area contributed by atoms with Crippen molar-refractivity contribution in [3.63, 3.8) is 0 Å². The van der Waals surface area contributed by atoms with E-state index in [1.807, 2.05) is 20.8 Å². The van der Waals surface area contributed by atoms with E-state index in [4.69, 9.17) is 9.47 Å². The maximum absolute atomic E-state index is 10.8. The monoisotopic (exact) mass is 231 g/mol. The maximum Gasteiger partial charge on any atom is 0.303 e. The highest BCUT2D eigenvalue weighted by Crippen LogP contribution is 2.01. The minimum absolute atomic E-state index is 0.0748. The van der Waals surface area contributed by atoms with Gasteiger partial charge in [-0.1, -0.05) is 0 Å². The maximum atomic E-state index is 10.8. The molecule has 5 heteroatoms. The SMILES string of the molecule is CC(=O)OCC(CNC(C)(C)C)OC(C)=O. The molecule has 0 aromatic heterocycles. The second kappa shape index (κ2) is 6.48. The van der Waals surface area contributed by atoms with Crippen molar-refractivity contribution in [1.29, 1.82) is 0 Å². The summed E-state index contributed by atoms with van der Waals surface area (Å²) in [6, 6.07) is 0. The predicted octanol–water partition coefficient (Wildman–Crippen LogP) is 0.869. The minimum Gasteiger partial charge on any atom is -0.462 e. The van der Waals surface area contributed by atoms with Crippen LogP contribution in [0.25, 0.3) is 0 Å². The normalized spacial score (nSPS) is 13.1. The Morgan fingerprint density at radius 3 is 2.12 bits per heavy atom. The van der Waals surface area contributed by atoms with Crippen LogP contribution in [0, 0.1) is 0 Å². The van der Waals surface area contributed by atoms with Crippen LogP contribution in [0.3, 0.4) is 0 Å². The molecule has 0 aliphatic carbocycles. The van der Waals surface area contributed by atoms with Crippen molar-refractivity contribution >= 4 is 11.9 Å². The lowest BCUT2D eigenvalue weighted by Crippen LogP contribution is -2.43. The fourth-order valence-electron chi connectivity index (χ4n) is 1.000. The van der Waals surface area contributed by atoms with Crippen molar-refractivity contribution in [2.75, 3.05) is 13.2 Å². The number of carbonyl (C=O) groups is 2. The van der Waals surface area contributed by atoms with Gasteiger partial charge in [0.1, 0.15) is 12.7 Å². The molecule has 0 aromatic carbocycles. The molecule has 1 N–H and O–H groups in total. The fourth-order valence-corrected chi connectivity index (χ4v) is 1.000. The topological polar surface area (TPSA) is 64.6 Å². The van der Waals surface area contributed by atoms with Gasteiger partial charge in [-0.25, -0.2) is 0 Å². The lowest BCUT2D eigenvalue weighted by molar-refractivity contribution is -0.156. The summed E-state index contributed by atoms with van der Waals surface area (Å²) < 4.78 is 9.83. The van der Waals surface area contributed by atoms with E-state index in [1.54, 1.807) is 0 Å². The van der Waals surface area contributed by atoms with Gasteiger partial charge in [0.05, 0.1) is 0 Å². The summed E-state index contributed by atoms with van der Waals surface area (Å²) in [6.07, 6.45) is -0.444. The van der Waals surface area contributed by atoms with E-state index in [0.717, 1.165) is 0 Å². The highest BCUT2D eigenvalue weighted by molar-refractivity contribution is 5.67. The van der Waals surface area contributed by atoms with Crippen LogP contribution in [-0.2, 0) is 19.1 Å². The average molecular weight is 231 g/mol. The zero-order valence-corrected chi connectivity index (χ0v) is 10.6. The lowest BCUT2D eigenvalue weighted by Gasteiger charge is -2.24. The van der Waals surface area contributed by atoms with E-state index >= 15 is 0 Å². The summed E-state index contributed by atoms with van der Waals surface area (Å²) in [4.78, 5) is 21.5. The zero-order chi connectivity index (χ0) is 12.8. The molecule has 0 saturated heterocycles. The summed E-state index contributed by atoms with van der Waals surface area (Å²) in [5, 5.41) is 3.18. The van der Waals surface area contributed by atoms with Gasteiger partial charge in [-0.3, -0.25) is 9.59 Å². The van der Waals surface area contributed by atoms with Crippen molar-refractivity contribution in [2.24, 2.45) is 0 Å². The molecule has 1 atom stereocenters. The predicted molar refractivity (Wildman–Crippen MR) is 59.9 cm³/mol. The molecule has 0 heterocycles. The molecule has 5 nitrogen and oxygen atoms in total. The van der Waals surface area contributed by atoms with E-state index in [-0.39, 0.29) is 24.1 Å². The van der Waals surface area contributed by atoms with Gasteiger partial charge in [0.25, 0.3) is 0 Å². The van der Waals surface area contributed by atoms with Crippen molar-refractivity contribution < 1.29 is 19.1 Å². The van der Waals surface area contributed by atoms with Crippen LogP contribution in [0.5, 0.6) is 0 Å². The van der Waals surface area contributed by atoms with Gasteiger partial charge in [-0.2, -0.15) is 0 Å². The third kappa shape index (κ3) is 9.45. The van der Waals surface area contributed by atoms with Gasteiger partial charge in [0.2, 0.25) is 0 Å². The number of ether oxygens (including phenoxy) is 2. The van der Waals surface area contributed by atoms with Crippen molar-refractivity contribution in [2.45, 2.75) is 46.3 Å². The number of carbonyl (C=O) groups excluding carboxylic acids is 2. The lowest BCUT2D eigenvalue weighted by atomic mass is 10.1. The molecule has 0 aliphatic rings. The Kier molecular flexibility index (Phi) is 6.03. The van der Waals surface area contributed by atoms with Gasteiger partial charge >= 0.3 is 11.9 Å². The van der Waals surface area contributed by atoms with Gasteiger partial charge in [0, 0.05) is 25.9 Å². The fraction of sp³-hybridized carbons (Fsp3) is 0.818. The molecule has 0 saturated carbocycles. The molecule has 0 fully saturated rings. The van der Waals surface area contributed by atoms with Crippen LogP contribution in [0.15, 0.2) is 0 Å².